The fourth-order valence-corrected chi connectivity index (χ4v) is 3.61. The summed E-state index contributed by atoms with van der Waals surface area (Å²) in [6.45, 7) is 2.44. The SMILES string of the molecule is C#CCN(Cc1ccco1)C(=O)c1sc(Cc2ccccc2)nc1C. The first-order valence-electron chi connectivity index (χ1n) is 7.92. The number of amides is 1. The zero-order valence-electron chi connectivity index (χ0n) is 13.9. The van der Waals surface area contributed by atoms with Crippen LogP contribution in [0.3, 0.4) is 0 Å². The number of carbonyl (C=O) groups is 1. The van der Waals surface area contributed by atoms with E-state index in [2.05, 4.69) is 23.0 Å². The quantitative estimate of drug-likeness (QED) is 0.633. The van der Waals surface area contributed by atoms with Crippen molar-refractivity contribution in [2.24, 2.45) is 0 Å². The van der Waals surface area contributed by atoms with Crippen LogP contribution < -0.4 is 0 Å². The van der Waals surface area contributed by atoms with Crippen molar-refractivity contribution in [3.05, 3.63) is 75.6 Å². The third kappa shape index (κ3) is 4.17. The van der Waals surface area contributed by atoms with E-state index in [1.165, 1.54) is 16.9 Å². The Hall–Kier alpha value is -2.84. The minimum atomic E-state index is -0.108. The number of thiazole rings is 1. The highest BCUT2D eigenvalue weighted by Crippen LogP contribution is 2.23. The molecule has 0 unspecified atom stereocenters. The molecule has 4 nitrogen and oxygen atoms in total. The van der Waals surface area contributed by atoms with Gasteiger partial charge in [0.15, 0.2) is 0 Å². The van der Waals surface area contributed by atoms with E-state index < -0.39 is 0 Å². The lowest BCUT2D eigenvalue weighted by Gasteiger charge is -2.18. The third-order valence-electron chi connectivity index (χ3n) is 3.73. The van der Waals surface area contributed by atoms with E-state index in [4.69, 9.17) is 10.8 Å². The van der Waals surface area contributed by atoms with Gasteiger partial charge in [-0.05, 0) is 24.6 Å². The number of nitrogens with zero attached hydrogens (tertiary/aromatic N) is 2. The topological polar surface area (TPSA) is 46.3 Å². The largest absolute Gasteiger partial charge is 0.467 e. The predicted octanol–water partition coefficient (Wildman–Crippen LogP) is 3.91. The van der Waals surface area contributed by atoms with Crippen LogP contribution in [0, 0.1) is 19.3 Å². The molecule has 3 rings (SSSR count). The lowest BCUT2D eigenvalue weighted by atomic mass is 10.2. The van der Waals surface area contributed by atoms with E-state index in [1.807, 2.05) is 31.2 Å². The summed E-state index contributed by atoms with van der Waals surface area (Å²) in [7, 11) is 0. The smallest absolute Gasteiger partial charge is 0.267 e. The Morgan fingerprint density at radius 2 is 2.08 bits per heavy atom. The predicted molar refractivity (Wildman–Crippen MR) is 98.4 cm³/mol. The lowest BCUT2D eigenvalue weighted by molar-refractivity contribution is 0.0759. The highest BCUT2D eigenvalue weighted by molar-refractivity contribution is 7.13. The molecule has 0 aliphatic heterocycles. The molecule has 0 fully saturated rings. The number of aryl methyl sites for hydroxylation is 1. The minimum absolute atomic E-state index is 0.108. The molecule has 0 saturated carbocycles. The molecule has 1 amide bonds. The number of benzene rings is 1. The second-order valence-electron chi connectivity index (χ2n) is 5.63. The van der Waals surface area contributed by atoms with Gasteiger partial charge in [-0.15, -0.1) is 17.8 Å². The molecular formula is C20H18N2O2S. The molecule has 0 aliphatic carbocycles. The van der Waals surface area contributed by atoms with Gasteiger partial charge in [-0.25, -0.2) is 4.98 Å². The number of furan rings is 1. The maximum absolute atomic E-state index is 12.9. The van der Waals surface area contributed by atoms with Gasteiger partial charge in [0.25, 0.3) is 5.91 Å². The van der Waals surface area contributed by atoms with Crippen LogP contribution >= 0.6 is 11.3 Å². The van der Waals surface area contributed by atoms with E-state index in [0.29, 0.717) is 23.6 Å². The highest BCUT2D eigenvalue weighted by atomic mass is 32.1. The summed E-state index contributed by atoms with van der Waals surface area (Å²) in [5.74, 6) is 3.14. The van der Waals surface area contributed by atoms with Gasteiger partial charge in [0.05, 0.1) is 30.1 Å². The number of hydrogen-bond acceptors (Lipinski definition) is 4. The minimum Gasteiger partial charge on any atom is -0.467 e. The van der Waals surface area contributed by atoms with Crippen LogP contribution in [0.25, 0.3) is 0 Å². The molecule has 0 spiro atoms. The molecule has 0 atom stereocenters. The van der Waals surface area contributed by atoms with Gasteiger partial charge in [-0.3, -0.25) is 4.79 Å². The summed E-state index contributed by atoms with van der Waals surface area (Å²) in [6, 6.07) is 13.7. The monoisotopic (exact) mass is 350 g/mol. The number of terminal acetylenes is 1. The molecular weight excluding hydrogens is 332 g/mol. The Kier molecular flexibility index (Phi) is 5.32. The maximum Gasteiger partial charge on any atom is 0.267 e. The Morgan fingerprint density at radius 1 is 1.28 bits per heavy atom. The second kappa shape index (κ2) is 7.82. The number of carbonyl (C=O) groups excluding carboxylic acids is 1. The van der Waals surface area contributed by atoms with Crippen molar-refractivity contribution in [1.82, 2.24) is 9.88 Å². The van der Waals surface area contributed by atoms with Gasteiger partial charge in [0.2, 0.25) is 0 Å². The van der Waals surface area contributed by atoms with Crippen molar-refractivity contribution in [1.29, 1.82) is 0 Å². The summed E-state index contributed by atoms with van der Waals surface area (Å²) in [4.78, 5) is 19.7. The van der Waals surface area contributed by atoms with Crippen molar-refractivity contribution in [3.63, 3.8) is 0 Å². The number of aromatic nitrogens is 1. The molecule has 2 heterocycles. The van der Waals surface area contributed by atoms with Crippen LogP contribution in [0.1, 0.15) is 31.7 Å². The third-order valence-corrected chi connectivity index (χ3v) is 4.87. The molecule has 0 radical (unpaired) electrons. The van der Waals surface area contributed by atoms with Crippen molar-refractivity contribution in [2.75, 3.05) is 6.54 Å². The van der Waals surface area contributed by atoms with Crippen molar-refractivity contribution in [2.45, 2.75) is 19.9 Å². The van der Waals surface area contributed by atoms with Gasteiger partial charge in [-0.2, -0.15) is 0 Å². The molecule has 0 bridgehead atoms. The summed E-state index contributed by atoms with van der Waals surface area (Å²) in [5, 5.41) is 0.922. The van der Waals surface area contributed by atoms with Gasteiger partial charge in [0.1, 0.15) is 10.6 Å². The van der Waals surface area contributed by atoms with Crippen LogP contribution in [-0.2, 0) is 13.0 Å². The van der Waals surface area contributed by atoms with Crippen LogP contribution in [-0.4, -0.2) is 22.3 Å². The Balaban J connectivity index is 1.79. The van der Waals surface area contributed by atoms with E-state index in [-0.39, 0.29) is 12.5 Å². The van der Waals surface area contributed by atoms with E-state index in [0.717, 1.165) is 10.7 Å². The molecule has 5 heteroatoms. The zero-order valence-corrected chi connectivity index (χ0v) is 14.8. The van der Waals surface area contributed by atoms with Crippen molar-refractivity contribution < 1.29 is 9.21 Å². The summed E-state index contributed by atoms with van der Waals surface area (Å²) >= 11 is 1.43. The average molecular weight is 350 g/mol. The van der Waals surface area contributed by atoms with Crippen molar-refractivity contribution in [3.8, 4) is 12.3 Å². The molecule has 2 aromatic heterocycles. The Bertz CT molecular complexity index is 876. The van der Waals surface area contributed by atoms with E-state index in [1.54, 1.807) is 17.2 Å². The summed E-state index contributed by atoms with van der Waals surface area (Å²) < 4.78 is 5.34. The summed E-state index contributed by atoms with van der Waals surface area (Å²) in [5.41, 5.74) is 1.91. The molecule has 1 aromatic carbocycles. The average Bonchev–Trinajstić information content (AvgIpc) is 3.24. The first-order chi connectivity index (χ1) is 12.2. The zero-order chi connectivity index (χ0) is 17.6. The van der Waals surface area contributed by atoms with E-state index in [9.17, 15) is 4.79 Å². The molecule has 0 saturated heterocycles. The molecule has 3 aromatic rings. The molecule has 25 heavy (non-hydrogen) atoms. The highest BCUT2D eigenvalue weighted by Gasteiger charge is 2.22. The first-order valence-corrected chi connectivity index (χ1v) is 8.74. The second-order valence-corrected chi connectivity index (χ2v) is 6.71. The van der Waals surface area contributed by atoms with Crippen LogP contribution in [0.15, 0.2) is 53.1 Å². The standard InChI is InChI=1S/C20H18N2O2S/c1-3-11-22(14-17-10-7-12-24-17)20(23)19-15(2)21-18(25-19)13-16-8-5-4-6-9-16/h1,4-10,12H,11,13-14H2,2H3. The van der Waals surface area contributed by atoms with Gasteiger partial charge >= 0.3 is 0 Å². The summed E-state index contributed by atoms with van der Waals surface area (Å²) in [6.07, 6.45) is 7.74. The van der Waals surface area contributed by atoms with Crippen LogP contribution in [0.5, 0.6) is 0 Å². The molecule has 0 N–H and O–H groups in total. The van der Waals surface area contributed by atoms with Gasteiger partial charge in [0, 0.05) is 6.42 Å². The van der Waals surface area contributed by atoms with Crippen molar-refractivity contribution >= 4 is 17.2 Å². The fraction of sp³-hybridized carbons (Fsp3) is 0.200. The Labute approximate surface area is 151 Å². The maximum atomic E-state index is 12.9. The van der Waals surface area contributed by atoms with E-state index >= 15 is 0 Å². The first kappa shape index (κ1) is 17.0. The van der Waals surface area contributed by atoms with Crippen LogP contribution in [0.2, 0.25) is 0 Å². The van der Waals surface area contributed by atoms with Gasteiger partial charge in [-0.1, -0.05) is 36.3 Å². The Morgan fingerprint density at radius 3 is 2.76 bits per heavy atom. The number of rotatable bonds is 6. The molecule has 126 valence electrons. The number of hydrogen-bond donors (Lipinski definition) is 0. The van der Waals surface area contributed by atoms with Crippen LogP contribution in [0.4, 0.5) is 0 Å². The lowest BCUT2D eigenvalue weighted by Crippen LogP contribution is -2.30. The normalized spacial score (nSPS) is 10.4. The fourth-order valence-electron chi connectivity index (χ4n) is 2.54. The van der Waals surface area contributed by atoms with Gasteiger partial charge < -0.3 is 9.32 Å². The molecule has 0 aliphatic rings.